The van der Waals surface area contributed by atoms with Crippen LogP contribution in [0.15, 0.2) is 22.7 Å². The van der Waals surface area contributed by atoms with Gasteiger partial charge in [0.2, 0.25) is 0 Å². The van der Waals surface area contributed by atoms with E-state index in [1.165, 1.54) is 18.2 Å². The molecular formula is C12H13BrF3N3O4S. The molecule has 0 radical (unpaired) electrons. The first-order valence-corrected chi connectivity index (χ1v) is 9.02. The molecule has 1 N–H and O–H groups in total. The lowest BCUT2D eigenvalue weighted by atomic mass is 10.1. The van der Waals surface area contributed by atoms with Crippen molar-refractivity contribution < 1.29 is 26.5 Å². The number of nitrogens with zero attached hydrogens (tertiary/aromatic N) is 2. The topological polar surface area (TPSA) is 92.6 Å². The molecule has 1 aliphatic rings. The Kier molecular flexibility index (Phi) is 5.40. The molecule has 24 heavy (non-hydrogen) atoms. The summed E-state index contributed by atoms with van der Waals surface area (Å²) in [6.45, 7) is -0.609. The summed E-state index contributed by atoms with van der Waals surface area (Å²) in [6, 6.07) is 3.94. The SMILES string of the molecule is O=[N+]([O-])c1ccc(Br)cc1NC1CCN(S(=O)(=O)C(F)(F)F)CC1. The third-order valence-electron chi connectivity index (χ3n) is 3.60. The Balaban J connectivity index is 2.07. The number of halogens is 4. The van der Waals surface area contributed by atoms with E-state index in [1.54, 1.807) is 0 Å². The molecule has 12 heteroatoms. The van der Waals surface area contributed by atoms with Crippen LogP contribution in [-0.2, 0) is 10.0 Å². The van der Waals surface area contributed by atoms with E-state index >= 15 is 0 Å². The maximum Gasteiger partial charge on any atom is 0.511 e. The average molecular weight is 432 g/mol. The van der Waals surface area contributed by atoms with Gasteiger partial charge in [-0.1, -0.05) is 15.9 Å². The first-order chi connectivity index (χ1) is 11.0. The van der Waals surface area contributed by atoms with Gasteiger partial charge in [-0.25, -0.2) is 8.42 Å². The fourth-order valence-corrected chi connectivity index (χ4v) is 3.74. The van der Waals surface area contributed by atoms with Crippen molar-refractivity contribution in [2.45, 2.75) is 24.4 Å². The van der Waals surface area contributed by atoms with Gasteiger partial charge in [-0.05, 0) is 25.0 Å². The van der Waals surface area contributed by atoms with Crippen LogP contribution in [0.5, 0.6) is 0 Å². The molecule has 1 aliphatic heterocycles. The summed E-state index contributed by atoms with van der Waals surface area (Å²) in [7, 11) is -5.33. The summed E-state index contributed by atoms with van der Waals surface area (Å²) in [6.07, 6.45) is 0.220. The lowest BCUT2D eigenvalue weighted by Gasteiger charge is -2.32. The van der Waals surface area contributed by atoms with Crippen LogP contribution in [0.3, 0.4) is 0 Å². The van der Waals surface area contributed by atoms with E-state index in [1.807, 2.05) is 0 Å². The van der Waals surface area contributed by atoms with Gasteiger partial charge in [0.1, 0.15) is 5.69 Å². The highest BCUT2D eigenvalue weighted by Crippen LogP contribution is 2.32. The largest absolute Gasteiger partial charge is 0.511 e. The molecule has 1 aromatic carbocycles. The Labute approximate surface area is 144 Å². The number of sulfonamides is 1. The molecule has 1 aromatic rings. The highest BCUT2D eigenvalue weighted by Gasteiger charge is 2.50. The summed E-state index contributed by atoms with van der Waals surface area (Å²) in [5.41, 5.74) is -5.26. The second-order valence-electron chi connectivity index (χ2n) is 5.19. The zero-order valence-corrected chi connectivity index (χ0v) is 14.5. The summed E-state index contributed by atoms with van der Waals surface area (Å²) >= 11 is 3.19. The number of nitro benzene ring substituents is 1. The van der Waals surface area contributed by atoms with Crippen molar-refractivity contribution in [1.29, 1.82) is 0 Å². The minimum atomic E-state index is -5.33. The lowest BCUT2D eigenvalue weighted by Crippen LogP contribution is -2.47. The summed E-state index contributed by atoms with van der Waals surface area (Å²) < 4.78 is 61.3. The minimum absolute atomic E-state index is 0.110. The summed E-state index contributed by atoms with van der Waals surface area (Å²) in [5.74, 6) is 0. The van der Waals surface area contributed by atoms with Crippen LogP contribution in [0.2, 0.25) is 0 Å². The zero-order valence-electron chi connectivity index (χ0n) is 12.1. The molecule has 0 unspecified atom stereocenters. The van der Waals surface area contributed by atoms with Gasteiger partial charge in [0.05, 0.1) is 4.92 Å². The van der Waals surface area contributed by atoms with Crippen LogP contribution in [0.4, 0.5) is 24.5 Å². The van der Waals surface area contributed by atoms with Gasteiger partial charge in [0.15, 0.2) is 0 Å². The van der Waals surface area contributed by atoms with Gasteiger partial charge in [-0.3, -0.25) is 10.1 Å². The van der Waals surface area contributed by atoms with Crippen LogP contribution >= 0.6 is 15.9 Å². The minimum Gasteiger partial charge on any atom is -0.377 e. The quantitative estimate of drug-likeness (QED) is 0.583. The molecule has 0 amide bonds. The average Bonchev–Trinajstić information content (AvgIpc) is 2.46. The first-order valence-electron chi connectivity index (χ1n) is 6.79. The second-order valence-corrected chi connectivity index (χ2v) is 8.03. The van der Waals surface area contributed by atoms with Gasteiger partial charge in [-0.15, -0.1) is 0 Å². The number of alkyl halides is 3. The van der Waals surface area contributed by atoms with Crippen molar-refractivity contribution in [3.63, 3.8) is 0 Å². The van der Waals surface area contributed by atoms with Gasteiger partial charge >= 0.3 is 15.5 Å². The molecular weight excluding hydrogens is 419 g/mol. The molecule has 0 spiro atoms. The summed E-state index contributed by atoms with van der Waals surface area (Å²) in [5, 5.41) is 13.9. The van der Waals surface area contributed by atoms with Crippen molar-refractivity contribution in [3.05, 3.63) is 32.8 Å². The molecule has 134 valence electrons. The third kappa shape index (κ3) is 3.98. The monoisotopic (exact) mass is 431 g/mol. The van der Waals surface area contributed by atoms with Crippen molar-refractivity contribution >= 4 is 37.3 Å². The van der Waals surface area contributed by atoms with Crippen molar-refractivity contribution in [3.8, 4) is 0 Å². The summed E-state index contributed by atoms with van der Waals surface area (Å²) in [4.78, 5) is 10.4. The maximum absolute atomic E-state index is 12.5. The molecule has 0 aliphatic carbocycles. The molecule has 0 aromatic heterocycles. The van der Waals surface area contributed by atoms with Crippen LogP contribution in [-0.4, -0.2) is 42.3 Å². The molecule has 1 fully saturated rings. The number of rotatable bonds is 4. The Morgan fingerprint density at radius 2 is 1.88 bits per heavy atom. The number of nitro groups is 1. The predicted molar refractivity (Wildman–Crippen MR) is 84.0 cm³/mol. The molecule has 7 nitrogen and oxygen atoms in total. The van der Waals surface area contributed by atoms with Gasteiger partial charge < -0.3 is 5.32 Å². The van der Waals surface area contributed by atoms with E-state index in [2.05, 4.69) is 21.2 Å². The van der Waals surface area contributed by atoms with Crippen LogP contribution in [0.25, 0.3) is 0 Å². The van der Waals surface area contributed by atoms with Crippen LogP contribution < -0.4 is 5.32 Å². The predicted octanol–water partition coefficient (Wildman–Crippen LogP) is 3.08. The fourth-order valence-electron chi connectivity index (χ4n) is 2.39. The second kappa shape index (κ2) is 6.84. The number of hydrogen-bond acceptors (Lipinski definition) is 5. The molecule has 1 heterocycles. The molecule has 0 atom stereocenters. The lowest BCUT2D eigenvalue weighted by molar-refractivity contribution is -0.384. The number of nitrogens with one attached hydrogen (secondary N) is 1. The maximum atomic E-state index is 12.5. The standard InChI is InChI=1S/C12H13BrF3N3O4S/c13-8-1-2-11(19(20)21)10(7-8)17-9-3-5-18(6-4-9)24(22,23)12(14,15)16/h1-2,7,9,17H,3-6H2. The number of hydrogen-bond donors (Lipinski definition) is 1. The molecule has 0 saturated carbocycles. The van der Waals surface area contributed by atoms with Gasteiger partial charge in [-0.2, -0.15) is 17.5 Å². The Hall–Kier alpha value is -1.40. The van der Waals surface area contributed by atoms with E-state index in [0.29, 0.717) is 8.78 Å². The highest BCUT2D eigenvalue weighted by molar-refractivity contribution is 9.10. The molecule has 2 rings (SSSR count). The Morgan fingerprint density at radius 3 is 2.38 bits per heavy atom. The van der Waals surface area contributed by atoms with Crippen LogP contribution in [0.1, 0.15) is 12.8 Å². The van der Waals surface area contributed by atoms with E-state index < -0.39 is 20.5 Å². The van der Waals surface area contributed by atoms with Crippen molar-refractivity contribution in [2.24, 2.45) is 0 Å². The number of piperidine rings is 1. The number of benzene rings is 1. The van der Waals surface area contributed by atoms with Gasteiger partial charge in [0, 0.05) is 29.7 Å². The van der Waals surface area contributed by atoms with Gasteiger partial charge in [0.25, 0.3) is 5.69 Å². The molecule has 1 saturated heterocycles. The smallest absolute Gasteiger partial charge is 0.377 e. The van der Waals surface area contributed by atoms with E-state index in [-0.39, 0.29) is 43.3 Å². The Bertz CT molecular complexity index is 734. The molecule has 0 bridgehead atoms. The first kappa shape index (κ1) is 18.9. The van der Waals surface area contributed by atoms with Crippen molar-refractivity contribution in [1.82, 2.24) is 4.31 Å². The normalized spacial score (nSPS) is 17.7. The van der Waals surface area contributed by atoms with E-state index in [9.17, 15) is 31.7 Å². The zero-order chi connectivity index (χ0) is 18.1. The number of anilines is 1. The fraction of sp³-hybridized carbons (Fsp3) is 0.500. The highest BCUT2D eigenvalue weighted by atomic mass is 79.9. The van der Waals surface area contributed by atoms with Crippen LogP contribution in [0, 0.1) is 10.1 Å². The van der Waals surface area contributed by atoms with E-state index in [4.69, 9.17) is 0 Å². The van der Waals surface area contributed by atoms with E-state index in [0.717, 1.165) is 0 Å². The van der Waals surface area contributed by atoms with Crippen molar-refractivity contribution in [2.75, 3.05) is 18.4 Å². The Morgan fingerprint density at radius 1 is 1.29 bits per heavy atom. The third-order valence-corrected chi connectivity index (χ3v) is 5.72.